The summed E-state index contributed by atoms with van der Waals surface area (Å²) in [5, 5.41) is 20.5. The van der Waals surface area contributed by atoms with Crippen molar-refractivity contribution in [1.29, 1.82) is 0 Å². The molecule has 0 fully saturated rings. The number of benzene rings is 4. The summed E-state index contributed by atoms with van der Waals surface area (Å²) in [5.74, 6) is 0.295. The molecular weight excluding hydrogens is 368 g/mol. The Hall–Kier alpha value is -4.04. The summed E-state index contributed by atoms with van der Waals surface area (Å²) in [5.41, 5.74) is 6.99. The quantitative estimate of drug-likeness (QED) is 0.390. The lowest BCUT2D eigenvalue weighted by molar-refractivity contribution is 0.474. The topological polar surface area (TPSA) is 40.5 Å². The van der Waals surface area contributed by atoms with E-state index in [2.05, 4.69) is 13.2 Å². The molecule has 0 spiro atoms. The van der Waals surface area contributed by atoms with Crippen molar-refractivity contribution >= 4 is 11.1 Å². The Balaban J connectivity index is 1.91. The molecule has 0 aliphatic heterocycles. The van der Waals surface area contributed by atoms with E-state index in [1.807, 2.05) is 72.8 Å². The van der Waals surface area contributed by atoms with Crippen molar-refractivity contribution in [2.24, 2.45) is 0 Å². The Kier molecular flexibility index (Phi) is 5.23. The second-order valence-corrected chi connectivity index (χ2v) is 7.15. The van der Waals surface area contributed by atoms with Gasteiger partial charge in [0.25, 0.3) is 0 Å². The average molecular weight is 390 g/mol. The minimum absolute atomic E-state index is 0.147. The molecule has 0 amide bonds. The summed E-state index contributed by atoms with van der Waals surface area (Å²) in [7, 11) is 0. The first-order valence-electron chi connectivity index (χ1n) is 9.70. The highest BCUT2D eigenvalue weighted by Gasteiger charge is 2.17. The lowest BCUT2D eigenvalue weighted by Gasteiger charge is -2.18. The zero-order chi connectivity index (χ0) is 21.1. The highest BCUT2D eigenvalue weighted by molar-refractivity contribution is 5.94. The fourth-order valence-electron chi connectivity index (χ4n) is 3.63. The number of rotatable bonds is 5. The van der Waals surface area contributed by atoms with Crippen LogP contribution in [0.4, 0.5) is 0 Å². The van der Waals surface area contributed by atoms with E-state index in [0.717, 1.165) is 44.5 Å². The Morgan fingerprint density at radius 2 is 0.867 bits per heavy atom. The van der Waals surface area contributed by atoms with Gasteiger partial charge in [0.15, 0.2) is 0 Å². The van der Waals surface area contributed by atoms with Crippen LogP contribution in [0, 0.1) is 0 Å². The molecule has 2 N–H and O–H groups in total. The number of aromatic hydroxyl groups is 2. The Labute approximate surface area is 176 Å². The number of hydrogen-bond donors (Lipinski definition) is 2. The highest BCUT2D eigenvalue weighted by atomic mass is 16.3. The van der Waals surface area contributed by atoms with E-state index in [9.17, 15) is 10.2 Å². The van der Waals surface area contributed by atoms with E-state index in [-0.39, 0.29) is 11.5 Å². The average Bonchev–Trinajstić information content (AvgIpc) is 2.79. The molecule has 0 heterocycles. The van der Waals surface area contributed by atoms with Crippen LogP contribution < -0.4 is 0 Å². The zero-order valence-corrected chi connectivity index (χ0v) is 16.5. The van der Waals surface area contributed by atoms with Crippen LogP contribution in [0.5, 0.6) is 11.5 Å². The molecule has 2 heteroatoms. The third-order valence-corrected chi connectivity index (χ3v) is 5.19. The molecule has 0 aliphatic carbocycles. The summed E-state index contributed by atoms with van der Waals surface area (Å²) >= 11 is 0. The predicted molar refractivity (Wildman–Crippen MR) is 124 cm³/mol. The van der Waals surface area contributed by atoms with Crippen LogP contribution in [-0.2, 0) is 0 Å². The molecule has 30 heavy (non-hydrogen) atoms. The Morgan fingerprint density at radius 3 is 1.23 bits per heavy atom. The van der Waals surface area contributed by atoms with Gasteiger partial charge < -0.3 is 10.2 Å². The second kappa shape index (κ2) is 8.14. The molecule has 0 unspecified atom stereocenters. The summed E-state index contributed by atoms with van der Waals surface area (Å²) in [4.78, 5) is 0. The van der Waals surface area contributed by atoms with Crippen molar-refractivity contribution in [3.8, 4) is 22.6 Å². The smallest absolute Gasteiger partial charge is 0.116 e. The highest BCUT2D eigenvalue weighted by Crippen LogP contribution is 2.40. The van der Waals surface area contributed by atoms with E-state index in [0.29, 0.717) is 0 Å². The van der Waals surface area contributed by atoms with Gasteiger partial charge in [-0.1, -0.05) is 86.0 Å². The SMILES string of the molecule is C=C(c1ccccc1)c1ccc(O)cc1-c1cc(O)ccc1C(=C)c1ccccc1. The third kappa shape index (κ3) is 3.76. The van der Waals surface area contributed by atoms with Gasteiger partial charge in [-0.05, 0) is 68.8 Å². The van der Waals surface area contributed by atoms with Crippen LogP contribution in [0.1, 0.15) is 22.3 Å². The van der Waals surface area contributed by atoms with Gasteiger partial charge in [0.05, 0.1) is 0 Å². The fraction of sp³-hybridized carbons (Fsp3) is 0. The summed E-state index contributed by atoms with van der Waals surface area (Å²) in [6.07, 6.45) is 0. The van der Waals surface area contributed by atoms with E-state index in [4.69, 9.17) is 0 Å². The molecule has 2 nitrogen and oxygen atoms in total. The van der Waals surface area contributed by atoms with Crippen LogP contribution in [0.15, 0.2) is 110 Å². The molecule has 0 bridgehead atoms. The molecule has 0 saturated heterocycles. The molecule has 0 atom stereocenters. The Morgan fingerprint density at radius 1 is 0.500 bits per heavy atom. The lowest BCUT2D eigenvalue weighted by atomic mass is 9.86. The van der Waals surface area contributed by atoms with Crippen LogP contribution >= 0.6 is 0 Å². The van der Waals surface area contributed by atoms with Crippen molar-refractivity contribution in [3.63, 3.8) is 0 Å². The fourth-order valence-corrected chi connectivity index (χ4v) is 3.63. The van der Waals surface area contributed by atoms with Crippen molar-refractivity contribution in [2.75, 3.05) is 0 Å². The van der Waals surface area contributed by atoms with E-state index >= 15 is 0 Å². The maximum absolute atomic E-state index is 10.3. The first-order chi connectivity index (χ1) is 14.5. The maximum Gasteiger partial charge on any atom is 0.116 e. The zero-order valence-electron chi connectivity index (χ0n) is 16.5. The van der Waals surface area contributed by atoms with Gasteiger partial charge in [-0.2, -0.15) is 0 Å². The largest absolute Gasteiger partial charge is 0.508 e. The number of phenols is 2. The van der Waals surface area contributed by atoms with Crippen LogP contribution in [-0.4, -0.2) is 10.2 Å². The third-order valence-electron chi connectivity index (χ3n) is 5.19. The molecular formula is C28H22O2. The van der Waals surface area contributed by atoms with E-state index in [1.165, 1.54) is 0 Å². The van der Waals surface area contributed by atoms with Crippen LogP contribution in [0.25, 0.3) is 22.3 Å². The van der Waals surface area contributed by atoms with Crippen LogP contribution in [0.3, 0.4) is 0 Å². The van der Waals surface area contributed by atoms with Crippen molar-refractivity contribution in [2.45, 2.75) is 0 Å². The van der Waals surface area contributed by atoms with Gasteiger partial charge in [0.2, 0.25) is 0 Å². The van der Waals surface area contributed by atoms with Gasteiger partial charge in [0.1, 0.15) is 11.5 Å². The lowest BCUT2D eigenvalue weighted by Crippen LogP contribution is -1.95. The van der Waals surface area contributed by atoms with E-state index < -0.39 is 0 Å². The molecule has 4 aromatic rings. The number of phenolic OH excluding ortho intramolecular Hbond substituents is 2. The van der Waals surface area contributed by atoms with Gasteiger partial charge >= 0.3 is 0 Å². The van der Waals surface area contributed by atoms with Gasteiger partial charge in [-0.25, -0.2) is 0 Å². The molecule has 4 rings (SSSR count). The Bertz CT molecular complexity index is 1120. The van der Waals surface area contributed by atoms with Gasteiger partial charge in [-0.15, -0.1) is 0 Å². The summed E-state index contributed by atoms with van der Waals surface area (Å²) in [6, 6.07) is 30.3. The molecule has 4 aromatic carbocycles. The van der Waals surface area contributed by atoms with E-state index in [1.54, 1.807) is 24.3 Å². The maximum atomic E-state index is 10.3. The molecule has 0 radical (unpaired) electrons. The molecule has 0 aromatic heterocycles. The summed E-state index contributed by atoms with van der Waals surface area (Å²) in [6.45, 7) is 8.60. The minimum Gasteiger partial charge on any atom is -0.508 e. The minimum atomic E-state index is 0.147. The molecule has 146 valence electrons. The first-order valence-corrected chi connectivity index (χ1v) is 9.70. The van der Waals surface area contributed by atoms with Crippen LogP contribution in [0.2, 0.25) is 0 Å². The van der Waals surface area contributed by atoms with Crippen molar-refractivity contribution in [1.82, 2.24) is 0 Å². The molecule has 0 aliphatic rings. The molecule has 0 saturated carbocycles. The van der Waals surface area contributed by atoms with Crippen molar-refractivity contribution in [3.05, 3.63) is 132 Å². The monoisotopic (exact) mass is 390 g/mol. The standard InChI is InChI=1S/C28H22O2/c1-19(21-9-5-3-6-10-21)25-15-13-23(29)17-27(25)28-18-24(30)14-16-26(28)20(2)22-11-7-4-8-12-22/h3-18,29-30H,1-2H2. The van der Waals surface area contributed by atoms with Crippen molar-refractivity contribution < 1.29 is 10.2 Å². The summed E-state index contributed by atoms with van der Waals surface area (Å²) < 4.78 is 0. The predicted octanol–water partition coefficient (Wildman–Crippen LogP) is 6.89. The normalized spacial score (nSPS) is 10.5. The number of hydrogen-bond acceptors (Lipinski definition) is 2. The second-order valence-electron chi connectivity index (χ2n) is 7.15. The first kappa shape index (κ1) is 19.3. The van der Waals surface area contributed by atoms with Gasteiger partial charge in [0, 0.05) is 0 Å². The van der Waals surface area contributed by atoms with Gasteiger partial charge in [-0.3, -0.25) is 0 Å².